The molecule has 0 saturated carbocycles. The minimum Gasteiger partial charge on any atom is -0.382 e. The first-order chi connectivity index (χ1) is 8.42. The zero-order valence-electron chi connectivity index (χ0n) is 10.4. The normalized spacial score (nSPS) is 18.3. The Morgan fingerprint density at radius 3 is 3.00 bits per heavy atom. The first-order valence-electron chi connectivity index (χ1n) is 6.29. The summed E-state index contributed by atoms with van der Waals surface area (Å²) in [4.78, 5) is 0. The lowest BCUT2D eigenvalue weighted by molar-refractivity contribution is 0.0710. The molecule has 1 aromatic carbocycles. The molecule has 0 aromatic heterocycles. The number of benzene rings is 1. The van der Waals surface area contributed by atoms with Crippen LogP contribution in [0.2, 0.25) is 0 Å². The van der Waals surface area contributed by atoms with Crippen molar-refractivity contribution in [2.45, 2.75) is 18.9 Å². The smallest absolute Gasteiger partial charge is 0.0700 e. The highest BCUT2D eigenvalue weighted by Crippen LogP contribution is 2.30. The average molecular weight is 235 g/mol. The van der Waals surface area contributed by atoms with Gasteiger partial charge in [0, 0.05) is 19.7 Å². The highest BCUT2D eigenvalue weighted by Gasteiger charge is 2.20. The first-order valence-corrected chi connectivity index (χ1v) is 6.29. The van der Waals surface area contributed by atoms with Gasteiger partial charge in [0.2, 0.25) is 0 Å². The molecule has 1 N–H and O–H groups in total. The third kappa shape index (κ3) is 3.53. The second kappa shape index (κ2) is 6.74. The number of rotatable bonds is 7. The molecule has 1 aliphatic rings. The van der Waals surface area contributed by atoms with Crippen LogP contribution >= 0.6 is 0 Å². The highest BCUT2D eigenvalue weighted by atomic mass is 16.5. The Labute approximate surface area is 103 Å². The van der Waals surface area contributed by atoms with Gasteiger partial charge >= 0.3 is 0 Å². The van der Waals surface area contributed by atoms with Gasteiger partial charge in [0.05, 0.1) is 19.8 Å². The van der Waals surface area contributed by atoms with Crippen molar-refractivity contribution in [2.75, 3.05) is 33.5 Å². The van der Waals surface area contributed by atoms with Gasteiger partial charge in [0.25, 0.3) is 0 Å². The number of hydrogen-bond donors (Lipinski definition) is 1. The predicted octanol–water partition coefficient (Wildman–Crippen LogP) is 1.93. The maximum absolute atomic E-state index is 5.43. The third-order valence-corrected chi connectivity index (χ3v) is 3.20. The van der Waals surface area contributed by atoms with E-state index in [4.69, 9.17) is 9.47 Å². The van der Waals surface area contributed by atoms with Crippen molar-refractivity contribution >= 4 is 0 Å². The van der Waals surface area contributed by atoms with E-state index in [0.717, 1.165) is 13.2 Å². The third-order valence-electron chi connectivity index (χ3n) is 3.20. The van der Waals surface area contributed by atoms with Gasteiger partial charge in [0.15, 0.2) is 0 Å². The van der Waals surface area contributed by atoms with E-state index in [9.17, 15) is 0 Å². The van der Waals surface area contributed by atoms with E-state index in [1.165, 1.54) is 24.0 Å². The molecule has 0 aliphatic heterocycles. The van der Waals surface area contributed by atoms with Crippen LogP contribution in [0.25, 0.3) is 0 Å². The van der Waals surface area contributed by atoms with Gasteiger partial charge < -0.3 is 14.8 Å². The SMILES string of the molecule is COCCOCCNC1CCc2ccccc21. The number of fused-ring (bicyclic) bond motifs is 1. The standard InChI is InChI=1S/C14H21NO2/c1-16-10-11-17-9-8-15-14-7-6-12-4-2-3-5-13(12)14/h2-5,14-15H,6-11H2,1H3. The largest absolute Gasteiger partial charge is 0.382 e. The zero-order chi connectivity index (χ0) is 11.9. The van der Waals surface area contributed by atoms with E-state index in [2.05, 4.69) is 29.6 Å². The molecule has 0 heterocycles. The van der Waals surface area contributed by atoms with Crippen molar-refractivity contribution in [2.24, 2.45) is 0 Å². The number of hydrogen-bond acceptors (Lipinski definition) is 3. The van der Waals surface area contributed by atoms with Crippen molar-refractivity contribution in [1.82, 2.24) is 5.32 Å². The molecule has 1 aliphatic carbocycles. The second-order valence-corrected chi connectivity index (χ2v) is 4.35. The molecule has 0 fully saturated rings. The minimum atomic E-state index is 0.511. The molecule has 1 aromatic rings. The van der Waals surface area contributed by atoms with Crippen LogP contribution in [0, 0.1) is 0 Å². The first kappa shape index (κ1) is 12.6. The van der Waals surface area contributed by atoms with E-state index in [1.807, 2.05) is 0 Å². The molecule has 2 rings (SSSR count). The van der Waals surface area contributed by atoms with Gasteiger partial charge in [-0.25, -0.2) is 0 Å². The van der Waals surface area contributed by atoms with E-state index in [0.29, 0.717) is 19.3 Å². The lowest BCUT2D eigenvalue weighted by atomic mass is 10.1. The summed E-state index contributed by atoms with van der Waals surface area (Å²) in [7, 11) is 1.69. The summed E-state index contributed by atoms with van der Waals surface area (Å²) in [5, 5.41) is 3.55. The molecule has 3 heteroatoms. The molecule has 0 amide bonds. The van der Waals surface area contributed by atoms with Crippen LogP contribution in [0.3, 0.4) is 0 Å². The van der Waals surface area contributed by atoms with E-state index < -0.39 is 0 Å². The molecule has 0 bridgehead atoms. The number of ether oxygens (including phenoxy) is 2. The summed E-state index contributed by atoms with van der Waals surface area (Å²) < 4.78 is 10.4. The fraction of sp³-hybridized carbons (Fsp3) is 0.571. The molecule has 94 valence electrons. The molecule has 1 unspecified atom stereocenters. The lowest BCUT2D eigenvalue weighted by Crippen LogP contribution is -2.24. The van der Waals surface area contributed by atoms with Crippen molar-refractivity contribution in [1.29, 1.82) is 0 Å². The van der Waals surface area contributed by atoms with E-state index in [1.54, 1.807) is 7.11 Å². The lowest BCUT2D eigenvalue weighted by Gasteiger charge is -2.13. The zero-order valence-corrected chi connectivity index (χ0v) is 10.4. The predicted molar refractivity (Wildman–Crippen MR) is 68.2 cm³/mol. The molecule has 0 radical (unpaired) electrons. The van der Waals surface area contributed by atoms with Gasteiger partial charge in [0.1, 0.15) is 0 Å². The number of aryl methyl sites for hydroxylation is 1. The van der Waals surface area contributed by atoms with Crippen molar-refractivity contribution in [3.05, 3.63) is 35.4 Å². The van der Waals surface area contributed by atoms with E-state index >= 15 is 0 Å². The molecule has 17 heavy (non-hydrogen) atoms. The van der Waals surface area contributed by atoms with E-state index in [-0.39, 0.29) is 0 Å². The fourth-order valence-corrected chi connectivity index (χ4v) is 2.32. The van der Waals surface area contributed by atoms with Crippen molar-refractivity contribution < 1.29 is 9.47 Å². The average Bonchev–Trinajstić information content (AvgIpc) is 2.77. The summed E-state index contributed by atoms with van der Waals surface area (Å²) in [6, 6.07) is 9.21. The van der Waals surface area contributed by atoms with Crippen LogP contribution in [0.4, 0.5) is 0 Å². The Morgan fingerprint density at radius 2 is 2.12 bits per heavy atom. The molecular weight excluding hydrogens is 214 g/mol. The minimum absolute atomic E-state index is 0.511. The Hall–Kier alpha value is -0.900. The number of methoxy groups -OCH3 is 1. The molecule has 1 atom stereocenters. The maximum Gasteiger partial charge on any atom is 0.0700 e. The Bertz CT molecular complexity index is 341. The van der Waals surface area contributed by atoms with Crippen LogP contribution in [0.1, 0.15) is 23.6 Å². The quantitative estimate of drug-likeness (QED) is 0.732. The Morgan fingerprint density at radius 1 is 1.24 bits per heavy atom. The van der Waals surface area contributed by atoms with Gasteiger partial charge in [-0.05, 0) is 24.0 Å². The van der Waals surface area contributed by atoms with Gasteiger partial charge in [-0.1, -0.05) is 24.3 Å². The second-order valence-electron chi connectivity index (χ2n) is 4.35. The molecule has 0 saturated heterocycles. The summed E-state index contributed by atoms with van der Waals surface area (Å²) in [5.74, 6) is 0. The highest BCUT2D eigenvalue weighted by molar-refractivity contribution is 5.34. The summed E-state index contributed by atoms with van der Waals surface area (Å²) in [5.41, 5.74) is 2.95. The fourth-order valence-electron chi connectivity index (χ4n) is 2.32. The Balaban J connectivity index is 1.68. The summed E-state index contributed by atoms with van der Waals surface area (Å²) >= 11 is 0. The van der Waals surface area contributed by atoms with Crippen LogP contribution in [0.15, 0.2) is 24.3 Å². The monoisotopic (exact) mass is 235 g/mol. The van der Waals surface area contributed by atoms with Crippen LogP contribution in [-0.4, -0.2) is 33.5 Å². The number of nitrogens with one attached hydrogen (secondary N) is 1. The van der Waals surface area contributed by atoms with Crippen LogP contribution in [0.5, 0.6) is 0 Å². The Kier molecular flexibility index (Phi) is 4.98. The van der Waals surface area contributed by atoms with Crippen molar-refractivity contribution in [3.8, 4) is 0 Å². The summed E-state index contributed by atoms with van der Waals surface area (Å²) in [6.07, 6.45) is 2.40. The molecule has 3 nitrogen and oxygen atoms in total. The van der Waals surface area contributed by atoms with Gasteiger partial charge in [-0.15, -0.1) is 0 Å². The molecular formula is C14H21NO2. The van der Waals surface area contributed by atoms with Crippen LogP contribution in [-0.2, 0) is 15.9 Å². The molecule has 0 spiro atoms. The summed E-state index contributed by atoms with van der Waals surface area (Å²) in [6.45, 7) is 3.01. The maximum atomic E-state index is 5.43. The van der Waals surface area contributed by atoms with Crippen LogP contribution < -0.4 is 5.32 Å². The topological polar surface area (TPSA) is 30.5 Å². The van der Waals surface area contributed by atoms with Crippen molar-refractivity contribution in [3.63, 3.8) is 0 Å². The van der Waals surface area contributed by atoms with Gasteiger partial charge in [-0.2, -0.15) is 0 Å². The van der Waals surface area contributed by atoms with Gasteiger partial charge in [-0.3, -0.25) is 0 Å².